The third-order valence-electron chi connectivity index (χ3n) is 4.39. The zero-order valence-corrected chi connectivity index (χ0v) is 13.5. The summed E-state index contributed by atoms with van der Waals surface area (Å²) in [5.41, 5.74) is 4.56. The van der Waals surface area contributed by atoms with Gasteiger partial charge in [-0.2, -0.15) is 0 Å². The van der Waals surface area contributed by atoms with Gasteiger partial charge >= 0.3 is 0 Å². The summed E-state index contributed by atoms with van der Waals surface area (Å²) in [6.45, 7) is 11.1. The van der Waals surface area contributed by atoms with Crippen molar-refractivity contribution < 1.29 is 0 Å². The fraction of sp³-hybridized carbons (Fsp3) is 0.556. The van der Waals surface area contributed by atoms with Gasteiger partial charge < -0.3 is 5.32 Å². The zero-order chi connectivity index (χ0) is 14.6. The van der Waals surface area contributed by atoms with Crippen LogP contribution in [0.5, 0.6) is 0 Å². The van der Waals surface area contributed by atoms with Crippen LogP contribution in [-0.4, -0.2) is 13.1 Å². The molecule has 0 unspecified atom stereocenters. The molecule has 1 nitrogen and oxygen atoms in total. The van der Waals surface area contributed by atoms with E-state index in [2.05, 4.69) is 37.9 Å². The number of aryl methyl sites for hydroxylation is 1. The van der Waals surface area contributed by atoms with Crippen LogP contribution in [0.3, 0.4) is 0 Å². The number of allylic oxidation sites excluding steroid dienone is 1. The molecule has 1 saturated heterocycles. The Morgan fingerprint density at radius 3 is 2.60 bits per heavy atom. The summed E-state index contributed by atoms with van der Waals surface area (Å²) in [6, 6.07) is 6.25. The molecule has 1 aromatic rings. The van der Waals surface area contributed by atoms with E-state index in [0.29, 0.717) is 5.41 Å². The van der Waals surface area contributed by atoms with Crippen LogP contribution in [0.4, 0.5) is 0 Å². The molecule has 0 aliphatic carbocycles. The first-order valence-electron chi connectivity index (χ1n) is 7.73. The molecule has 2 heteroatoms. The van der Waals surface area contributed by atoms with Gasteiger partial charge in [0, 0.05) is 18.1 Å². The summed E-state index contributed by atoms with van der Waals surface area (Å²) in [5, 5.41) is 4.26. The summed E-state index contributed by atoms with van der Waals surface area (Å²) >= 11 is 6.14. The maximum atomic E-state index is 6.14. The summed E-state index contributed by atoms with van der Waals surface area (Å²) in [4.78, 5) is 0. The second kappa shape index (κ2) is 6.78. The third kappa shape index (κ3) is 3.65. The number of nitrogens with one attached hydrogen (secondary N) is 1. The Morgan fingerprint density at radius 2 is 2.05 bits per heavy atom. The quantitative estimate of drug-likeness (QED) is 0.713. The highest BCUT2D eigenvalue weighted by molar-refractivity contribution is 6.30. The molecular weight excluding hydrogens is 266 g/mol. The first-order valence-corrected chi connectivity index (χ1v) is 8.11. The molecule has 1 fully saturated rings. The average molecular weight is 292 g/mol. The first-order chi connectivity index (χ1) is 9.58. The summed E-state index contributed by atoms with van der Waals surface area (Å²) < 4.78 is 0. The number of benzene rings is 1. The lowest BCUT2D eigenvalue weighted by Crippen LogP contribution is -2.53. The van der Waals surface area contributed by atoms with Gasteiger partial charge in [-0.25, -0.2) is 0 Å². The predicted molar refractivity (Wildman–Crippen MR) is 88.5 cm³/mol. The topological polar surface area (TPSA) is 12.0 Å². The van der Waals surface area contributed by atoms with Crippen molar-refractivity contribution in [1.82, 2.24) is 5.32 Å². The molecule has 0 aromatic heterocycles. The van der Waals surface area contributed by atoms with E-state index >= 15 is 0 Å². The van der Waals surface area contributed by atoms with Gasteiger partial charge in [-0.3, -0.25) is 0 Å². The number of hydrogen-bond donors (Lipinski definition) is 1. The van der Waals surface area contributed by atoms with Crippen LogP contribution in [0.15, 0.2) is 30.4 Å². The van der Waals surface area contributed by atoms with Crippen LogP contribution in [0.25, 0.3) is 0 Å². The van der Waals surface area contributed by atoms with E-state index in [1.165, 1.54) is 29.5 Å². The Morgan fingerprint density at radius 1 is 1.30 bits per heavy atom. The van der Waals surface area contributed by atoms with E-state index < -0.39 is 0 Å². The summed E-state index contributed by atoms with van der Waals surface area (Å²) in [5.74, 6) is 0. The minimum Gasteiger partial charge on any atom is -0.316 e. The van der Waals surface area contributed by atoms with Gasteiger partial charge in [-0.1, -0.05) is 50.1 Å². The van der Waals surface area contributed by atoms with Crippen molar-refractivity contribution in [3.63, 3.8) is 0 Å². The number of rotatable bonds is 7. The molecule has 1 aromatic carbocycles. The standard InChI is InChI=1S/C18H26ClN/c1-4-8-18(12-20-13-18)11-14(3)9-16-10-17(19)7-6-15(16)5-2/h6-7,10,20H,3-5,8-9,11-13H2,1-2H3. The molecular formula is C18H26ClN. The van der Waals surface area contributed by atoms with Crippen LogP contribution in [0, 0.1) is 5.41 Å². The number of hydrogen-bond acceptors (Lipinski definition) is 1. The lowest BCUT2D eigenvalue weighted by atomic mass is 9.72. The van der Waals surface area contributed by atoms with Gasteiger partial charge in [0.1, 0.15) is 0 Å². The van der Waals surface area contributed by atoms with Crippen molar-refractivity contribution in [3.8, 4) is 0 Å². The lowest BCUT2D eigenvalue weighted by Gasteiger charge is -2.43. The smallest absolute Gasteiger partial charge is 0.0409 e. The summed E-state index contributed by atoms with van der Waals surface area (Å²) in [6.07, 6.45) is 5.72. The van der Waals surface area contributed by atoms with Gasteiger partial charge in [0.25, 0.3) is 0 Å². The van der Waals surface area contributed by atoms with Gasteiger partial charge in [0.15, 0.2) is 0 Å². The molecule has 0 radical (unpaired) electrons. The highest BCUT2D eigenvalue weighted by Gasteiger charge is 2.35. The van der Waals surface area contributed by atoms with E-state index in [-0.39, 0.29) is 0 Å². The monoisotopic (exact) mass is 291 g/mol. The van der Waals surface area contributed by atoms with Gasteiger partial charge in [0.2, 0.25) is 0 Å². The SMILES string of the molecule is C=C(Cc1cc(Cl)ccc1CC)CC1(CCC)CNC1. The van der Waals surface area contributed by atoms with E-state index in [0.717, 1.165) is 37.4 Å². The molecule has 20 heavy (non-hydrogen) atoms. The predicted octanol–water partition coefficient (Wildman–Crippen LogP) is 4.78. The molecule has 1 N–H and O–H groups in total. The minimum absolute atomic E-state index is 0.469. The van der Waals surface area contributed by atoms with Crippen molar-refractivity contribution >= 4 is 11.6 Å². The van der Waals surface area contributed by atoms with Crippen molar-refractivity contribution in [3.05, 3.63) is 46.5 Å². The van der Waals surface area contributed by atoms with Crippen LogP contribution < -0.4 is 5.32 Å². The maximum absolute atomic E-state index is 6.14. The molecule has 0 saturated carbocycles. The highest BCUT2D eigenvalue weighted by atomic mass is 35.5. The highest BCUT2D eigenvalue weighted by Crippen LogP contribution is 2.36. The average Bonchev–Trinajstić information content (AvgIpc) is 2.36. The van der Waals surface area contributed by atoms with Crippen molar-refractivity contribution in [2.75, 3.05) is 13.1 Å². The normalized spacial score (nSPS) is 16.8. The van der Waals surface area contributed by atoms with Gasteiger partial charge in [-0.15, -0.1) is 0 Å². The molecule has 0 amide bonds. The molecule has 1 aliphatic rings. The fourth-order valence-corrected chi connectivity index (χ4v) is 3.56. The largest absolute Gasteiger partial charge is 0.316 e. The molecule has 0 bridgehead atoms. The molecule has 0 spiro atoms. The lowest BCUT2D eigenvalue weighted by molar-refractivity contribution is 0.150. The van der Waals surface area contributed by atoms with Crippen LogP contribution >= 0.6 is 11.6 Å². The Bertz CT molecular complexity index is 474. The maximum Gasteiger partial charge on any atom is 0.0409 e. The van der Waals surface area contributed by atoms with Crippen molar-refractivity contribution in [2.24, 2.45) is 5.41 Å². The second-order valence-corrected chi connectivity index (χ2v) is 6.66. The summed E-state index contributed by atoms with van der Waals surface area (Å²) in [7, 11) is 0. The minimum atomic E-state index is 0.469. The first kappa shape index (κ1) is 15.6. The van der Waals surface area contributed by atoms with Crippen LogP contribution in [-0.2, 0) is 12.8 Å². The number of halogens is 1. The zero-order valence-electron chi connectivity index (χ0n) is 12.8. The Balaban J connectivity index is 2.02. The van der Waals surface area contributed by atoms with Crippen LogP contribution in [0.1, 0.15) is 44.2 Å². The van der Waals surface area contributed by atoms with E-state index in [1.54, 1.807) is 0 Å². The van der Waals surface area contributed by atoms with Gasteiger partial charge in [0.05, 0.1) is 0 Å². The van der Waals surface area contributed by atoms with Crippen molar-refractivity contribution in [1.29, 1.82) is 0 Å². The Labute approximate surface area is 128 Å². The van der Waals surface area contributed by atoms with E-state index in [1.807, 2.05) is 6.07 Å². The van der Waals surface area contributed by atoms with E-state index in [9.17, 15) is 0 Å². The van der Waals surface area contributed by atoms with Gasteiger partial charge in [-0.05, 0) is 54.4 Å². The third-order valence-corrected chi connectivity index (χ3v) is 4.63. The fourth-order valence-electron chi connectivity index (χ4n) is 3.37. The Kier molecular flexibility index (Phi) is 5.29. The molecule has 110 valence electrons. The molecule has 2 rings (SSSR count). The second-order valence-electron chi connectivity index (χ2n) is 6.22. The van der Waals surface area contributed by atoms with E-state index in [4.69, 9.17) is 11.6 Å². The van der Waals surface area contributed by atoms with Crippen LogP contribution in [0.2, 0.25) is 5.02 Å². The molecule has 0 atom stereocenters. The van der Waals surface area contributed by atoms with Crippen molar-refractivity contribution in [2.45, 2.75) is 46.0 Å². The molecule has 1 aliphatic heterocycles. The molecule has 1 heterocycles. The Hall–Kier alpha value is -0.790.